The van der Waals surface area contributed by atoms with Gasteiger partial charge >= 0.3 is 0 Å². The summed E-state index contributed by atoms with van der Waals surface area (Å²) in [4.78, 5) is 2.13. The maximum Gasteiger partial charge on any atom is 0.127 e. The standard InChI is InChI=1S/C13H21FN2/c1-10(8-15)11(2)16(3)9-12-6-4-5-7-13(12)14/h4-7,10-11H,8-9,15H2,1-3H3. The van der Waals surface area contributed by atoms with Crippen LogP contribution >= 0.6 is 0 Å². The van der Waals surface area contributed by atoms with Crippen LogP contribution in [0.15, 0.2) is 24.3 Å². The van der Waals surface area contributed by atoms with Crippen LogP contribution in [0.25, 0.3) is 0 Å². The first-order chi connectivity index (χ1) is 7.56. The molecule has 0 saturated carbocycles. The molecule has 0 fully saturated rings. The van der Waals surface area contributed by atoms with Gasteiger partial charge in [0.25, 0.3) is 0 Å². The van der Waals surface area contributed by atoms with Crippen molar-refractivity contribution in [3.63, 3.8) is 0 Å². The number of nitrogens with two attached hydrogens (primary N) is 1. The minimum absolute atomic E-state index is 0.137. The summed E-state index contributed by atoms with van der Waals surface area (Å²) in [7, 11) is 2.00. The zero-order chi connectivity index (χ0) is 12.1. The molecule has 1 rings (SSSR count). The average Bonchev–Trinajstić information content (AvgIpc) is 2.30. The second-order valence-corrected chi connectivity index (χ2v) is 4.46. The minimum atomic E-state index is -0.137. The summed E-state index contributed by atoms with van der Waals surface area (Å²) in [5.74, 6) is 0.277. The average molecular weight is 224 g/mol. The van der Waals surface area contributed by atoms with Gasteiger partial charge in [-0.05, 0) is 32.5 Å². The molecule has 2 nitrogen and oxygen atoms in total. The number of hydrogen-bond donors (Lipinski definition) is 1. The molecule has 0 spiro atoms. The van der Waals surface area contributed by atoms with Crippen LogP contribution in [0.3, 0.4) is 0 Å². The second-order valence-electron chi connectivity index (χ2n) is 4.46. The Bertz CT molecular complexity index is 327. The maximum absolute atomic E-state index is 13.4. The zero-order valence-electron chi connectivity index (χ0n) is 10.3. The van der Waals surface area contributed by atoms with E-state index in [-0.39, 0.29) is 5.82 Å². The maximum atomic E-state index is 13.4. The van der Waals surface area contributed by atoms with Crippen molar-refractivity contribution < 1.29 is 4.39 Å². The molecule has 0 bridgehead atoms. The minimum Gasteiger partial charge on any atom is -0.330 e. The van der Waals surface area contributed by atoms with E-state index in [0.717, 1.165) is 5.56 Å². The van der Waals surface area contributed by atoms with Crippen molar-refractivity contribution in [1.29, 1.82) is 0 Å². The number of halogens is 1. The molecule has 16 heavy (non-hydrogen) atoms. The van der Waals surface area contributed by atoms with Gasteiger partial charge in [-0.15, -0.1) is 0 Å². The lowest BCUT2D eigenvalue weighted by molar-refractivity contribution is 0.192. The molecule has 1 aromatic carbocycles. The smallest absolute Gasteiger partial charge is 0.127 e. The van der Waals surface area contributed by atoms with Crippen molar-refractivity contribution >= 4 is 0 Å². The van der Waals surface area contributed by atoms with Gasteiger partial charge in [0.15, 0.2) is 0 Å². The number of hydrogen-bond acceptors (Lipinski definition) is 2. The van der Waals surface area contributed by atoms with Gasteiger partial charge in [0, 0.05) is 18.2 Å². The summed E-state index contributed by atoms with van der Waals surface area (Å²) in [6, 6.07) is 7.25. The van der Waals surface area contributed by atoms with Crippen LogP contribution in [0, 0.1) is 11.7 Å². The molecule has 0 aliphatic rings. The molecule has 0 aliphatic carbocycles. The number of rotatable bonds is 5. The Labute approximate surface area is 97.3 Å². The van der Waals surface area contributed by atoms with Gasteiger partial charge in [0.1, 0.15) is 5.82 Å². The molecule has 2 N–H and O–H groups in total. The SMILES string of the molecule is CC(CN)C(C)N(C)Cc1ccccc1F. The van der Waals surface area contributed by atoms with Crippen molar-refractivity contribution in [2.75, 3.05) is 13.6 Å². The Balaban J connectivity index is 2.64. The zero-order valence-corrected chi connectivity index (χ0v) is 10.3. The fourth-order valence-corrected chi connectivity index (χ4v) is 1.67. The third-order valence-electron chi connectivity index (χ3n) is 3.27. The first-order valence-corrected chi connectivity index (χ1v) is 5.70. The van der Waals surface area contributed by atoms with E-state index in [9.17, 15) is 4.39 Å². The molecule has 0 aromatic heterocycles. The summed E-state index contributed by atoms with van der Waals surface area (Å²) in [6.45, 7) is 5.52. The molecule has 3 heteroatoms. The highest BCUT2D eigenvalue weighted by molar-refractivity contribution is 5.17. The highest BCUT2D eigenvalue weighted by Crippen LogP contribution is 2.14. The van der Waals surface area contributed by atoms with E-state index < -0.39 is 0 Å². The van der Waals surface area contributed by atoms with Gasteiger partial charge in [-0.25, -0.2) is 4.39 Å². The van der Waals surface area contributed by atoms with Crippen molar-refractivity contribution in [3.05, 3.63) is 35.6 Å². The number of benzene rings is 1. The van der Waals surface area contributed by atoms with E-state index in [0.29, 0.717) is 25.0 Å². The highest BCUT2D eigenvalue weighted by Gasteiger charge is 2.16. The predicted octanol–water partition coefficient (Wildman–Crippen LogP) is 2.24. The van der Waals surface area contributed by atoms with Crippen molar-refractivity contribution in [2.24, 2.45) is 11.7 Å². The molecular formula is C13H21FN2. The third kappa shape index (κ3) is 3.29. The molecule has 0 amide bonds. The molecule has 0 radical (unpaired) electrons. The first kappa shape index (κ1) is 13.1. The lowest BCUT2D eigenvalue weighted by Crippen LogP contribution is -2.37. The summed E-state index contributed by atoms with van der Waals surface area (Å²) in [5.41, 5.74) is 6.37. The van der Waals surface area contributed by atoms with Crippen LogP contribution in [-0.4, -0.2) is 24.5 Å². The van der Waals surface area contributed by atoms with Gasteiger partial charge in [-0.3, -0.25) is 4.90 Å². The van der Waals surface area contributed by atoms with E-state index in [2.05, 4.69) is 18.7 Å². The summed E-state index contributed by atoms with van der Waals surface area (Å²) < 4.78 is 13.4. The van der Waals surface area contributed by atoms with Gasteiger partial charge in [-0.1, -0.05) is 25.1 Å². The predicted molar refractivity (Wildman–Crippen MR) is 65.5 cm³/mol. The Hall–Kier alpha value is -0.930. The van der Waals surface area contributed by atoms with Crippen LogP contribution in [0.2, 0.25) is 0 Å². The van der Waals surface area contributed by atoms with Gasteiger partial charge in [-0.2, -0.15) is 0 Å². The fraction of sp³-hybridized carbons (Fsp3) is 0.538. The Kier molecular flexibility index (Phi) is 4.90. The molecule has 0 aliphatic heterocycles. The summed E-state index contributed by atoms with van der Waals surface area (Å²) >= 11 is 0. The molecular weight excluding hydrogens is 203 g/mol. The fourth-order valence-electron chi connectivity index (χ4n) is 1.67. The van der Waals surface area contributed by atoms with Crippen LogP contribution in [0.4, 0.5) is 4.39 Å². The quantitative estimate of drug-likeness (QED) is 0.831. The molecule has 2 unspecified atom stereocenters. The number of nitrogens with zero attached hydrogens (tertiary/aromatic N) is 1. The molecule has 2 atom stereocenters. The molecule has 0 heterocycles. The lowest BCUT2D eigenvalue weighted by Gasteiger charge is -2.29. The van der Waals surface area contributed by atoms with Crippen LogP contribution < -0.4 is 5.73 Å². The van der Waals surface area contributed by atoms with Crippen LogP contribution in [0.5, 0.6) is 0 Å². The van der Waals surface area contributed by atoms with Crippen LogP contribution in [0.1, 0.15) is 19.4 Å². The second kappa shape index (κ2) is 5.97. The summed E-state index contributed by atoms with van der Waals surface area (Å²) in [5, 5.41) is 0. The normalized spacial score (nSPS) is 15.1. The third-order valence-corrected chi connectivity index (χ3v) is 3.27. The van der Waals surface area contributed by atoms with E-state index in [4.69, 9.17) is 5.73 Å². The van der Waals surface area contributed by atoms with E-state index in [1.165, 1.54) is 6.07 Å². The summed E-state index contributed by atoms with van der Waals surface area (Å²) in [6.07, 6.45) is 0. The van der Waals surface area contributed by atoms with E-state index in [1.54, 1.807) is 6.07 Å². The molecule has 0 saturated heterocycles. The van der Waals surface area contributed by atoms with Crippen molar-refractivity contribution in [1.82, 2.24) is 4.90 Å². The molecule has 1 aromatic rings. The van der Waals surface area contributed by atoms with Crippen molar-refractivity contribution in [2.45, 2.75) is 26.4 Å². The highest BCUT2D eigenvalue weighted by atomic mass is 19.1. The van der Waals surface area contributed by atoms with Crippen LogP contribution in [-0.2, 0) is 6.54 Å². The van der Waals surface area contributed by atoms with Crippen molar-refractivity contribution in [3.8, 4) is 0 Å². The van der Waals surface area contributed by atoms with Gasteiger partial charge in [0.2, 0.25) is 0 Å². The van der Waals surface area contributed by atoms with Gasteiger partial charge < -0.3 is 5.73 Å². The van der Waals surface area contributed by atoms with E-state index >= 15 is 0 Å². The Morgan fingerprint density at radius 2 is 1.94 bits per heavy atom. The molecule has 90 valence electrons. The largest absolute Gasteiger partial charge is 0.330 e. The Morgan fingerprint density at radius 3 is 2.50 bits per heavy atom. The van der Waals surface area contributed by atoms with Gasteiger partial charge in [0.05, 0.1) is 0 Å². The topological polar surface area (TPSA) is 29.3 Å². The van der Waals surface area contributed by atoms with E-state index in [1.807, 2.05) is 19.2 Å². The Morgan fingerprint density at radius 1 is 1.31 bits per heavy atom. The lowest BCUT2D eigenvalue weighted by atomic mass is 10.0. The first-order valence-electron chi connectivity index (χ1n) is 5.70. The monoisotopic (exact) mass is 224 g/mol.